The summed E-state index contributed by atoms with van der Waals surface area (Å²) in [5.41, 5.74) is 0. The van der Waals surface area contributed by atoms with Crippen LogP contribution in [0.3, 0.4) is 0 Å². The average molecular weight is 327 g/mol. The van der Waals surface area contributed by atoms with Crippen LogP contribution in [0.4, 0.5) is 8.78 Å². The number of ether oxygens (including phenoxy) is 2. The van der Waals surface area contributed by atoms with Gasteiger partial charge in [-0.3, -0.25) is 0 Å². The summed E-state index contributed by atoms with van der Waals surface area (Å²) in [6, 6.07) is 1.18. The van der Waals surface area contributed by atoms with Crippen LogP contribution in [0.1, 0.15) is 19.3 Å². The number of rotatable bonds is 5. The van der Waals surface area contributed by atoms with E-state index in [2.05, 4.69) is 0 Å². The minimum absolute atomic E-state index is 0.0227. The Morgan fingerprint density at radius 2 is 2.15 bits per heavy atom. The minimum atomic E-state index is -4.29. The molecule has 1 heterocycles. The normalized spacial score (nSPS) is 19.2. The van der Waals surface area contributed by atoms with E-state index in [0.717, 1.165) is 12.8 Å². The fraction of sp³-hybridized carbons (Fsp3) is 0.500. The van der Waals surface area contributed by atoms with E-state index >= 15 is 0 Å². The maximum atomic E-state index is 13.6. The van der Waals surface area contributed by atoms with Gasteiger partial charge in [0.15, 0.2) is 11.6 Å². The molecule has 112 valence electrons. The van der Waals surface area contributed by atoms with Gasteiger partial charge in [-0.2, -0.15) is 0 Å². The van der Waals surface area contributed by atoms with Crippen LogP contribution in [0.5, 0.6) is 5.75 Å². The summed E-state index contributed by atoms with van der Waals surface area (Å²) in [5.74, 6) is -2.69. The Morgan fingerprint density at radius 1 is 1.40 bits per heavy atom. The van der Waals surface area contributed by atoms with Crippen LogP contribution >= 0.6 is 10.7 Å². The van der Waals surface area contributed by atoms with Crippen molar-refractivity contribution >= 4 is 19.7 Å². The van der Waals surface area contributed by atoms with E-state index in [1.165, 1.54) is 0 Å². The molecule has 1 aliphatic heterocycles. The van der Waals surface area contributed by atoms with Gasteiger partial charge in [0.05, 0.1) is 12.7 Å². The largest absolute Gasteiger partial charge is 0.489 e. The Kier molecular flexibility index (Phi) is 4.82. The zero-order valence-electron chi connectivity index (χ0n) is 10.4. The molecule has 0 spiro atoms. The molecular formula is C12H13ClF2O4S. The molecule has 0 saturated carbocycles. The molecule has 2 rings (SSSR count). The van der Waals surface area contributed by atoms with E-state index in [1.807, 2.05) is 0 Å². The molecule has 0 radical (unpaired) electrons. The molecule has 1 aliphatic rings. The van der Waals surface area contributed by atoms with Crippen LogP contribution in [0.15, 0.2) is 17.0 Å². The number of halogens is 3. The molecule has 8 heteroatoms. The number of hydrogen-bond acceptors (Lipinski definition) is 4. The summed E-state index contributed by atoms with van der Waals surface area (Å²) in [7, 11) is 0.856. The first-order valence-corrected chi connectivity index (χ1v) is 8.37. The summed E-state index contributed by atoms with van der Waals surface area (Å²) in [4.78, 5) is -0.705. The van der Waals surface area contributed by atoms with Crippen LogP contribution in [-0.2, 0) is 13.8 Å². The molecule has 0 aromatic heterocycles. The number of hydrogen-bond donors (Lipinski definition) is 0. The molecule has 1 fully saturated rings. The molecule has 0 N–H and O–H groups in total. The molecule has 1 saturated heterocycles. The molecule has 1 aromatic rings. The van der Waals surface area contributed by atoms with E-state index < -0.39 is 31.3 Å². The Bertz CT molecular complexity index is 585. The molecule has 0 amide bonds. The maximum Gasteiger partial charge on any atom is 0.265 e. The van der Waals surface area contributed by atoms with Gasteiger partial charge in [0.1, 0.15) is 10.7 Å². The lowest BCUT2D eigenvalue weighted by Gasteiger charge is -2.13. The van der Waals surface area contributed by atoms with Gasteiger partial charge in [-0.25, -0.2) is 17.2 Å². The van der Waals surface area contributed by atoms with Crippen LogP contribution in [0.2, 0.25) is 0 Å². The lowest BCUT2D eigenvalue weighted by molar-refractivity contribution is 0.0892. The SMILES string of the molecule is O=S(=O)(Cl)c1cc(F)cc(F)c1OCCC1CCCO1. The highest BCUT2D eigenvalue weighted by Crippen LogP contribution is 2.31. The van der Waals surface area contributed by atoms with Gasteiger partial charge >= 0.3 is 0 Å². The van der Waals surface area contributed by atoms with Crippen molar-refractivity contribution < 1.29 is 26.7 Å². The van der Waals surface area contributed by atoms with Crippen molar-refractivity contribution in [2.24, 2.45) is 0 Å². The summed E-state index contributed by atoms with van der Waals surface area (Å²) in [6.45, 7) is 0.740. The smallest absolute Gasteiger partial charge is 0.265 e. The summed E-state index contributed by atoms with van der Waals surface area (Å²) in [5, 5.41) is 0. The zero-order valence-corrected chi connectivity index (χ0v) is 12.0. The van der Waals surface area contributed by atoms with Gasteiger partial charge in [0.25, 0.3) is 9.05 Å². The second-order valence-corrected chi connectivity index (χ2v) is 6.96. The molecule has 4 nitrogen and oxygen atoms in total. The third-order valence-corrected chi connectivity index (χ3v) is 4.27. The van der Waals surface area contributed by atoms with Gasteiger partial charge in [-0.1, -0.05) is 0 Å². The molecule has 1 atom stereocenters. The molecule has 1 unspecified atom stereocenters. The van der Waals surface area contributed by atoms with Crippen molar-refractivity contribution in [1.82, 2.24) is 0 Å². The van der Waals surface area contributed by atoms with Crippen LogP contribution < -0.4 is 4.74 Å². The third-order valence-electron chi connectivity index (χ3n) is 2.95. The fourth-order valence-corrected chi connectivity index (χ4v) is 3.00. The second-order valence-electron chi connectivity index (χ2n) is 4.42. The molecule has 1 aromatic carbocycles. The van der Waals surface area contributed by atoms with Crippen molar-refractivity contribution in [1.29, 1.82) is 0 Å². The van der Waals surface area contributed by atoms with Crippen LogP contribution in [0.25, 0.3) is 0 Å². The first kappa shape index (κ1) is 15.5. The van der Waals surface area contributed by atoms with E-state index in [9.17, 15) is 17.2 Å². The quantitative estimate of drug-likeness (QED) is 0.781. The van der Waals surface area contributed by atoms with Gasteiger partial charge in [0.2, 0.25) is 0 Å². The fourth-order valence-electron chi connectivity index (χ4n) is 2.02. The van der Waals surface area contributed by atoms with Crippen LogP contribution in [0, 0.1) is 11.6 Å². The second kappa shape index (κ2) is 6.24. The third kappa shape index (κ3) is 3.80. The Morgan fingerprint density at radius 3 is 2.75 bits per heavy atom. The van der Waals surface area contributed by atoms with E-state index in [4.69, 9.17) is 20.2 Å². The predicted octanol–water partition coefficient (Wildman–Crippen LogP) is 2.84. The van der Waals surface area contributed by atoms with E-state index in [0.29, 0.717) is 25.2 Å². The highest BCUT2D eigenvalue weighted by molar-refractivity contribution is 8.13. The monoisotopic (exact) mass is 326 g/mol. The van der Waals surface area contributed by atoms with Crippen molar-refractivity contribution in [3.05, 3.63) is 23.8 Å². The van der Waals surface area contributed by atoms with E-state index in [-0.39, 0.29) is 12.7 Å². The highest BCUT2D eigenvalue weighted by Gasteiger charge is 2.23. The lowest BCUT2D eigenvalue weighted by Crippen LogP contribution is -2.12. The average Bonchev–Trinajstić information content (AvgIpc) is 2.83. The van der Waals surface area contributed by atoms with Crippen LogP contribution in [-0.4, -0.2) is 27.7 Å². The Balaban J connectivity index is 2.13. The van der Waals surface area contributed by atoms with Gasteiger partial charge in [0, 0.05) is 29.8 Å². The van der Waals surface area contributed by atoms with Crippen molar-refractivity contribution in [3.8, 4) is 5.75 Å². The van der Waals surface area contributed by atoms with Gasteiger partial charge in [-0.15, -0.1) is 0 Å². The number of benzene rings is 1. The zero-order chi connectivity index (χ0) is 14.8. The summed E-state index contributed by atoms with van der Waals surface area (Å²) >= 11 is 0. The minimum Gasteiger partial charge on any atom is -0.489 e. The van der Waals surface area contributed by atoms with Crippen molar-refractivity contribution in [2.45, 2.75) is 30.3 Å². The summed E-state index contributed by atoms with van der Waals surface area (Å²) < 4.78 is 59.8. The maximum absolute atomic E-state index is 13.6. The summed E-state index contributed by atoms with van der Waals surface area (Å²) in [6.07, 6.45) is 2.36. The Labute approximate surface area is 120 Å². The first-order chi connectivity index (χ1) is 9.38. The predicted molar refractivity (Wildman–Crippen MR) is 68.5 cm³/mol. The molecule has 0 aliphatic carbocycles. The topological polar surface area (TPSA) is 52.6 Å². The molecule has 0 bridgehead atoms. The first-order valence-electron chi connectivity index (χ1n) is 6.06. The van der Waals surface area contributed by atoms with E-state index in [1.54, 1.807) is 0 Å². The van der Waals surface area contributed by atoms with Gasteiger partial charge < -0.3 is 9.47 Å². The standard InChI is InChI=1S/C12H13ClF2O4S/c13-20(16,17)11-7-8(14)6-10(15)12(11)19-5-3-9-2-1-4-18-9/h6-7,9H,1-5H2. The van der Waals surface area contributed by atoms with Crippen molar-refractivity contribution in [3.63, 3.8) is 0 Å². The Hall–Kier alpha value is -0.920. The highest BCUT2D eigenvalue weighted by atomic mass is 35.7. The molecular weight excluding hydrogens is 314 g/mol. The van der Waals surface area contributed by atoms with Gasteiger partial charge in [-0.05, 0) is 18.9 Å². The van der Waals surface area contributed by atoms with Crippen molar-refractivity contribution in [2.75, 3.05) is 13.2 Å². The molecule has 20 heavy (non-hydrogen) atoms. The lowest BCUT2D eigenvalue weighted by atomic mass is 10.2.